The number of aliphatic hydroxyl groups excluding tert-OH is 1. The van der Waals surface area contributed by atoms with Crippen LogP contribution in [-0.2, 0) is 14.9 Å². The molecule has 0 aromatic rings. The van der Waals surface area contributed by atoms with E-state index in [-0.39, 0.29) is 24.7 Å². The summed E-state index contributed by atoms with van der Waals surface area (Å²) in [7, 11) is -3.46. The fourth-order valence-electron chi connectivity index (χ4n) is 2.58. The normalized spacial score (nSPS) is 26.6. The van der Waals surface area contributed by atoms with E-state index in [1.165, 1.54) is 4.31 Å². The molecular formula is C13H28N2O4S. The molecule has 1 aliphatic rings. The number of morpholine rings is 1. The van der Waals surface area contributed by atoms with E-state index in [2.05, 4.69) is 11.6 Å². The lowest BCUT2D eigenvalue weighted by molar-refractivity contribution is -0.0444. The van der Waals surface area contributed by atoms with Crippen molar-refractivity contribution in [3.8, 4) is 0 Å². The van der Waals surface area contributed by atoms with E-state index in [0.717, 1.165) is 12.8 Å². The molecule has 0 aliphatic carbocycles. The van der Waals surface area contributed by atoms with Gasteiger partial charge in [0.2, 0.25) is 0 Å². The van der Waals surface area contributed by atoms with E-state index >= 15 is 0 Å². The summed E-state index contributed by atoms with van der Waals surface area (Å²) in [6.45, 7) is 7.07. The summed E-state index contributed by atoms with van der Waals surface area (Å²) in [6, 6.07) is 0. The third kappa shape index (κ3) is 5.65. The molecule has 0 aromatic heterocycles. The van der Waals surface area contributed by atoms with Crippen molar-refractivity contribution >= 4 is 10.2 Å². The molecule has 1 fully saturated rings. The Kier molecular flexibility index (Phi) is 7.39. The largest absolute Gasteiger partial charge is 0.396 e. The van der Waals surface area contributed by atoms with Crippen molar-refractivity contribution in [3.05, 3.63) is 0 Å². The van der Waals surface area contributed by atoms with Crippen LogP contribution < -0.4 is 4.72 Å². The summed E-state index contributed by atoms with van der Waals surface area (Å²) < 4.78 is 34.2. The predicted molar refractivity (Wildman–Crippen MR) is 78.6 cm³/mol. The van der Waals surface area contributed by atoms with Gasteiger partial charge >= 0.3 is 0 Å². The average Bonchev–Trinajstić information content (AvgIpc) is 2.35. The maximum absolute atomic E-state index is 12.3. The van der Waals surface area contributed by atoms with Crippen LogP contribution >= 0.6 is 0 Å². The number of nitrogens with zero attached hydrogens (tertiary/aromatic N) is 1. The Bertz CT molecular complexity index is 359. The molecule has 0 radical (unpaired) electrons. The third-order valence-electron chi connectivity index (χ3n) is 3.51. The molecule has 1 rings (SSSR count). The number of rotatable bonds is 8. The van der Waals surface area contributed by atoms with E-state index in [1.807, 2.05) is 13.8 Å². The first kappa shape index (κ1) is 17.8. The summed E-state index contributed by atoms with van der Waals surface area (Å²) in [5.41, 5.74) is 0. The molecule has 0 aromatic carbocycles. The van der Waals surface area contributed by atoms with Crippen molar-refractivity contribution in [2.24, 2.45) is 5.92 Å². The van der Waals surface area contributed by atoms with E-state index in [4.69, 9.17) is 9.84 Å². The highest BCUT2D eigenvalue weighted by Gasteiger charge is 2.31. The first-order valence-corrected chi connectivity index (χ1v) is 8.84. The van der Waals surface area contributed by atoms with Crippen LogP contribution in [0.5, 0.6) is 0 Å². The maximum Gasteiger partial charge on any atom is 0.279 e. The maximum atomic E-state index is 12.3. The highest BCUT2D eigenvalue weighted by molar-refractivity contribution is 7.87. The Balaban J connectivity index is 2.55. The minimum Gasteiger partial charge on any atom is -0.396 e. The molecule has 0 saturated carbocycles. The lowest BCUT2D eigenvalue weighted by atomic mass is 10.0. The highest BCUT2D eigenvalue weighted by Crippen LogP contribution is 2.15. The summed E-state index contributed by atoms with van der Waals surface area (Å²) in [6.07, 6.45) is 2.36. The first-order chi connectivity index (χ1) is 9.39. The molecule has 7 heteroatoms. The van der Waals surface area contributed by atoms with Crippen LogP contribution in [0.1, 0.15) is 40.0 Å². The van der Waals surface area contributed by atoms with Crippen molar-refractivity contribution < 1.29 is 18.3 Å². The van der Waals surface area contributed by atoms with Gasteiger partial charge in [-0.25, -0.2) is 4.72 Å². The lowest BCUT2D eigenvalue weighted by Gasteiger charge is -2.34. The fraction of sp³-hybridized carbons (Fsp3) is 1.00. The molecule has 2 N–H and O–H groups in total. The van der Waals surface area contributed by atoms with Crippen LogP contribution in [0.15, 0.2) is 0 Å². The lowest BCUT2D eigenvalue weighted by Crippen LogP contribution is -2.52. The molecule has 0 bridgehead atoms. The van der Waals surface area contributed by atoms with Gasteiger partial charge in [0.05, 0.1) is 12.2 Å². The third-order valence-corrected chi connectivity index (χ3v) is 5.02. The molecule has 1 aliphatic heterocycles. The summed E-state index contributed by atoms with van der Waals surface area (Å²) in [5.74, 6) is 0.190. The van der Waals surface area contributed by atoms with Crippen molar-refractivity contribution in [1.82, 2.24) is 9.03 Å². The van der Waals surface area contributed by atoms with Gasteiger partial charge in [-0.05, 0) is 32.6 Å². The minimum absolute atomic E-state index is 0.0841. The molecule has 20 heavy (non-hydrogen) atoms. The molecular weight excluding hydrogens is 280 g/mol. The molecule has 1 saturated heterocycles. The second-order valence-electron chi connectivity index (χ2n) is 5.59. The van der Waals surface area contributed by atoms with Crippen LogP contribution in [0.4, 0.5) is 0 Å². The Morgan fingerprint density at radius 3 is 2.40 bits per heavy atom. The number of aliphatic hydroxyl groups is 1. The predicted octanol–water partition coefficient (Wildman–Crippen LogP) is 0.729. The smallest absolute Gasteiger partial charge is 0.279 e. The zero-order valence-corrected chi connectivity index (χ0v) is 13.5. The van der Waals surface area contributed by atoms with Crippen LogP contribution in [0, 0.1) is 5.92 Å². The number of hydrogen-bond acceptors (Lipinski definition) is 4. The molecule has 0 amide bonds. The molecule has 1 heterocycles. The second kappa shape index (κ2) is 8.29. The second-order valence-corrected chi connectivity index (χ2v) is 7.35. The van der Waals surface area contributed by atoms with Gasteiger partial charge in [0.25, 0.3) is 10.2 Å². The van der Waals surface area contributed by atoms with Gasteiger partial charge in [0.1, 0.15) is 0 Å². The van der Waals surface area contributed by atoms with E-state index in [0.29, 0.717) is 26.1 Å². The molecule has 120 valence electrons. The summed E-state index contributed by atoms with van der Waals surface area (Å²) >= 11 is 0. The molecule has 6 nitrogen and oxygen atoms in total. The molecule has 3 unspecified atom stereocenters. The molecule has 3 atom stereocenters. The van der Waals surface area contributed by atoms with Gasteiger partial charge in [-0.1, -0.05) is 13.3 Å². The Labute approximate surface area is 122 Å². The van der Waals surface area contributed by atoms with Gasteiger partial charge in [0, 0.05) is 26.2 Å². The van der Waals surface area contributed by atoms with Crippen molar-refractivity contribution in [2.45, 2.75) is 52.2 Å². The average molecular weight is 308 g/mol. The van der Waals surface area contributed by atoms with E-state index < -0.39 is 10.2 Å². The van der Waals surface area contributed by atoms with Crippen LogP contribution in [-0.4, -0.2) is 56.3 Å². The number of hydrogen-bond donors (Lipinski definition) is 2. The Hall–Kier alpha value is -0.210. The van der Waals surface area contributed by atoms with Crippen molar-refractivity contribution in [3.63, 3.8) is 0 Å². The van der Waals surface area contributed by atoms with Crippen molar-refractivity contribution in [1.29, 1.82) is 0 Å². The van der Waals surface area contributed by atoms with Crippen LogP contribution in [0.3, 0.4) is 0 Å². The SMILES string of the molecule is CCCC(CCO)CNS(=O)(=O)N1CC(C)OC(C)C1. The van der Waals surface area contributed by atoms with Crippen LogP contribution in [0.25, 0.3) is 0 Å². The number of nitrogens with one attached hydrogen (secondary N) is 1. The fourth-order valence-corrected chi connectivity index (χ4v) is 4.02. The Morgan fingerprint density at radius 1 is 1.30 bits per heavy atom. The van der Waals surface area contributed by atoms with Crippen molar-refractivity contribution in [2.75, 3.05) is 26.2 Å². The van der Waals surface area contributed by atoms with E-state index in [1.54, 1.807) is 0 Å². The highest BCUT2D eigenvalue weighted by atomic mass is 32.2. The zero-order chi connectivity index (χ0) is 15.2. The molecule has 0 spiro atoms. The monoisotopic (exact) mass is 308 g/mol. The van der Waals surface area contributed by atoms with Gasteiger partial charge in [0.15, 0.2) is 0 Å². The minimum atomic E-state index is -3.46. The number of ether oxygens (including phenoxy) is 1. The Morgan fingerprint density at radius 2 is 1.90 bits per heavy atom. The van der Waals surface area contributed by atoms with Gasteiger partial charge < -0.3 is 9.84 Å². The summed E-state index contributed by atoms with van der Waals surface area (Å²) in [4.78, 5) is 0. The topological polar surface area (TPSA) is 78.9 Å². The quantitative estimate of drug-likeness (QED) is 0.693. The van der Waals surface area contributed by atoms with E-state index in [9.17, 15) is 8.42 Å². The van der Waals surface area contributed by atoms with Gasteiger partial charge in [-0.3, -0.25) is 0 Å². The standard InChI is InChI=1S/C13H28N2O4S/c1-4-5-13(6-7-16)8-14-20(17,18)15-9-11(2)19-12(3)10-15/h11-14,16H,4-10H2,1-3H3. The zero-order valence-electron chi connectivity index (χ0n) is 12.7. The summed E-state index contributed by atoms with van der Waals surface area (Å²) in [5, 5.41) is 9.01. The van der Waals surface area contributed by atoms with Crippen LogP contribution in [0.2, 0.25) is 0 Å². The first-order valence-electron chi connectivity index (χ1n) is 7.40. The van der Waals surface area contributed by atoms with Gasteiger partial charge in [-0.2, -0.15) is 12.7 Å². The van der Waals surface area contributed by atoms with Gasteiger partial charge in [-0.15, -0.1) is 0 Å².